The van der Waals surface area contributed by atoms with E-state index in [1.54, 1.807) is 6.92 Å². The molecule has 0 aromatic carbocycles. The van der Waals surface area contributed by atoms with Gasteiger partial charge in [0.25, 0.3) is 5.91 Å². The van der Waals surface area contributed by atoms with Gasteiger partial charge in [0.05, 0.1) is 17.5 Å². The maximum Gasteiger partial charge on any atom is 0.250 e. The van der Waals surface area contributed by atoms with E-state index in [0.29, 0.717) is 5.69 Å². The first kappa shape index (κ1) is 7.65. The maximum atomic E-state index is 12.4. The lowest BCUT2D eigenvalue weighted by Crippen LogP contribution is -2.13. The molecule has 0 fully saturated rings. The minimum absolute atomic E-state index is 0.130. The van der Waals surface area contributed by atoms with Crippen LogP contribution in [0.5, 0.6) is 0 Å². The zero-order valence-corrected chi connectivity index (χ0v) is 5.97. The molecular formula is C7H7FN2O. The Morgan fingerprint density at radius 1 is 1.73 bits per heavy atom. The van der Waals surface area contributed by atoms with Gasteiger partial charge in [-0.2, -0.15) is 0 Å². The van der Waals surface area contributed by atoms with Gasteiger partial charge >= 0.3 is 0 Å². The van der Waals surface area contributed by atoms with Crippen LogP contribution in [-0.4, -0.2) is 10.9 Å². The molecule has 1 rings (SSSR count). The molecule has 0 saturated carbocycles. The van der Waals surface area contributed by atoms with Crippen LogP contribution in [-0.2, 0) is 0 Å². The van der Waals surface area contributed by atoms with Gasteiger partial charge < -0.3 is 5.73 Å². The average molecular weight is 154 g/mol. The third kappa shape index (κ3) is 1.52. The Morgan fingerprint density at radius 3 is 2.82 bits per heavy atom. The first-order chi connectivity index (χ1) is 5.11. The average Bonchev–Trinajstić information content (AvgIpc) is 1.94. The van der Waals surface area contributed by atoms with Crippen LogP contribution in [0, 0.1) is 12.7 Å². The number of amides is 1. The predicted molar refractivity (Wildman–Crippen MR) is 37.4 cm³/mol. The zero-order valence-electron chi connectivity index (χ0n) is 5.97. The Bertz CT molecular complexity index is 298. The van der Waals surface area contributed by atoms with Gasteiger partial charge in [-0.25, -0.2) is 4.39 Å². The number of hydrogen-bond donors (Lipinski definition) is 1. The van der Waals surface area contributed by atoms with Crippen molar-refractivity contribution in [3.05, 3.63) is 29.3 Å². The second kappa shape index (κ2) is 2.65. The Balaban J connectivity index is 3.23. The highest BCUT2D eigenvalue weighted by Gasteiger charge is 2.06. The number of rotatable bonds is 1. The summed E-state index contributed by atoms with van der Waals surface area (Å²) in [5.41, 5.74) is 5.51. The van der Waals surface area contributed by atoms with Gasteiger partial charge in [-0.15, -0.1) is 0 Å². The quantitative estimate of drug-likeness (QED) is 0.644. The van der Waals surface area contributed by atoms with Gasteiger partial charge in [0.1, 0.15) is 5.82 Å². The highest BCUT2D eigenvalue weighted by atomic mass is 19.1. The minimum atomic E-state index is -0.658. The summed E-state index contributed by atoms with van der Waals surface area (Å²) in [6.07, 6.45) is 1.04. The van der Waals surface area contributed by atoms with E-state index in [1.807, 2.05) is 0 Å². The number of carbonyl (C=O) groups is 1. The van der Waals surface area contributed by atoms with Crippen LogP contribution in [0.25, 0.3) is 0 Å². The number of nitrogens with zero attached hydrogens (tertiary/aromatic N) is 1. The van der Waals surface area contributed by atoms with Crippen molar-refractivity contribution < 1.29 is 9.18 Å². The number of aryl methyl sites for hydroxylation is 1. The van der Waals surface area contributed by atoms with Crippen LogP contribution in [0.15, 0.2) is 12.3 Å². The summed E-state index contributed by atoms with van der Waals surface area (Å²) in [6, 6.07) is 1.07. The molecule has 3 nitrogen and oxygen atoms in total. The third-order valence-electron chi connectivity index (χ3n) is 1.32. The molecule has 0 radical (unpaired) electrons. The Hall–Kier alpha value is -1.45. The minimum Gasteiger partial charge on any atom is -0.366 e. The largest absolute Gasteiger partial charge is 0.366 e. The highest BCUT2D eigenvalue weighted by molar-refractivity contribution is 5.93. The van der Waals surface area contributed by atoms with Gasteiger partial charge in [0, 0.05) is 0 Å². The fourth-order valence-corrected chi connectivity index (χ4v) is 0.757. The summed E-state index contributed by atoms with van der Waals surface area (Å²) in [5.74, 6) is -1.21. The van der Waals surface area contributed by atoms with Gasteiger partial charge in [-0.3, -0.25) is 9.78 Å². The number of pyridine rings is 1. The van der Waals surface area contributed by atoms with Crippen molar-refractivity contribution in [2.45, 2.75) is 6.92 Å². The molecule has 1 amide bonds. The van der Waals surface area contributed by atoms with Crippen molar-refractivity contribution in [3.63, 3.8) is 0 Å². The van der Waals surface area contributed by atoms with Gasteiger partial charge in [-0.05, 0) is 13.0 Å². The third-order valence-corrected chi connectivity index (χ3v) is 1.32. The van der Waals surface area contributed by atoms with Crippen LogP contribution in [0.4, 0.5) is 4.39 Å². The lowest BCUT2D eigenvalue weighted by molar-refractivity contribution is 0.0999. The van der Waals surface area contributed by atoms with Crippen LogP contribution in [0.2, 0.25) is 0 Å². The van der Waals surface area contributed by atoms with Crippen LogP contribution in [0.3, 0.4) is 0 Å². The van der Waals surface area contributed by atoms with E-state index in [-0.39, 0.29) is 5.56 Å². The predicted octanol–water partition coefficient (Wildman–Crippen LogP) is 0.628. The number of primary amides is 1. The smallest absolute Gasteiger partial charge is 0.250 e. The molecule has 0 atom stereocenters. The van der Waals surface area contributed by atoms with E-state index < -0.39 is 11.7 Å². The Labute approximate surface area is 63.0 Å². The standard InChI is InChI=1S/C7H7FN2O/c1-4-6(7(9)11)2-5(8)3-10-4/h2-3H,1H3,(H2,9,11). The molecule has 0 saturated heterocycles. The first-order valence-electron chi connectivity index (χ1n) is 3.03. The summed E-state index contributed by atoms with van der Waals surface area (Å²) in [6.45, 7) is 1.60. The van der Waals surface area contributed by atoms with Crippen molar-refractivity contribution in [2.24, 2.45) is 5.73 Å². The molecular weight excluding hydrogens is 147 g/mol. The molecule has 0 aliphatic heterocycles. The van der Waals surface area contributed by atoms with Crippen molar-refractivity contribution in [1.82, 2.24) is 4.98 Å². The molecule has 58 valence electrons. The number of aromatic nitrogens is 1. The first-order valence-corrected chi connectivity index (χ1v) is 3.03. The second-order valence-corrected chi connectivity index (χ2v) is 2.15. The number of hydrogen-bond acceptors (Lipinski definition) is 2. The SMILES string of the molecule is Cc1ncc(F)cc1C(N)=O. The second-order valence-electron chi connectivity index (χ2n) is 2.15. The summed E-state index contributed by atoms with van der Waals surface area (Å²) in [5, 5.41) is 0. The molecule has 1 aromatic rings. The molecule has 0 aliphatic carbocycles. The van der Waals surface area contributed by atoms with E-state index in [9.17, 15) is 9.18 Å². The maximum absolute atomic E-state index is 12.4. The summed E-state index contributed by atoms with van der Waals surface area (Å²) < 4.78 is 12.4. The Kier molecular flexibility index (Phi) is 1.85. The van der Waals surface area contributed by atoms with Gasteiger partial charge in [-0.1, -0.05) is 0 Å². The van der Waals surface area contributed by atoms with Crippen LogP contribution in [0.1, 0.15) is 16.1 Å². The molecule has 2 N–H and O–H groups in total. The van der Waals surface area contributed by atoms with E-state index in [0.717, 1.165) is 12.3 Å². The normalized spacial score (nSPS) is 9.64. The topological polar surface area (TPSA) is 56.0 Å². The van der Waals surface area contributed by atoms with E-state index in [1.165, 1.54) is 0 Å². The molecule has 1 aromatic heterocycles. The van der Waals surface area contributed by atoms with Crippen LogP contribution < -0.4 is 5.73 Å². The number of halogens is 1. The zero-order chi connectivity index (χ0) is 8.43. The molecule has 1 heterocycles. The summed E-state index contributed by atoms with van der Waals surface area (Å²) >= 11 is 0. The van der Waals surface area contributed by atoms with E-state index in [2.05, 4.69) is 4.98 Å². The van der Waals surface area contributed by atoms with Gasteiger partial charge in [0.2, 0.25) is 0 Å². The lowest BCUT2D eigenvalue weighted by atomic mass is 10.2. The van der Waals surface area contributed by atoms with Crippen molar-refractivity contribution in [2.75, 3.05) is 0 Å². The molecule has 0 unspecified atom stereocenters. The summed E-state index contributed by atoms with van der Waals surface area (Å²) in [7, 11) is 0. The fraction of sp³-hybridized carbons (Fsp3) is 0.143. The molecule has 0 bridgehead atoms. The number of carbonyl (C=O) groups excluding carboxylic acids is 1. The van der Waals surface area contributed by atoms with Crippen LogP contribution >= 0.6 is 0 Å². The van der Waals surface area contributed by atoms with Crippen molar-refractivity contribution in [3.8, 4) is 0 Å². The Morgan fingerprint density at radius 2 is 2.36 bits per heavy atom. The molecule has 0 aliphatic rings. The molecule has 0 spiro atoms. The van der Waals surface area contributed by atoms with Crippen molar-refractivity contribution in [1.29, 1.82) is 0 Å². The molecule has 11 heavy (non-hydrogen) atoms. The van der Waals surface area contributed by atoms with Gasteiger partial charge in [0.15, 0.2) is 0 Å². The fourth-order valence-electron chi connectivity index (χ4n) is 0.757. The number of nitrogens with two attached hydrogens (primary N) is 1. The molecule has 4 heteroatoms. The van der Waals surface area contributed by atoms with E-state index >= 15 is 0 Å². The van der Waals surface area contributed by atoms with Crippen molar-refractivity contribution >= 4 is 5.91 Å². The summed E-state index contributed by atoms with van der Waals surface area (Å²) in [4.78, 5) is 14.2. The monoisotopic (exact) mass is 154 g/mol. The highest BCUT2D eigenvalue weighted by Crippen LogP contribution is 2.05. The van der Waals surface area contributed by atoms with E-state index in [4.69, 9.17) is 5.73 Å². The lowest BCUT2D eigenvalue weighted by Gasteiger charge is -1.98.